The Labute approximate surface area is 143 Å². The van der Waals surface area contributed by atoms with E-state index in [-0.39, 0.29) is 7.43 Å². The van der Waals surface area contributed by atoms with Crippen LogP contribution in [0.25, 0.3) is 11.0 Å². The van der Waals surface area contributed by atoms with Crippen LogP contribution in [0.2, 0.25) is 5.02 Å². The number of hydrogen-bond acceptors (Lipinski definition) is 6. The molecule has 6 nitrogen and oxygen atoms in total. The second-order valence-corrected chi connectivity index (χ2v) is 6.58. The molecule has 0 spiro atoms. The third-order valence-corrected chi connectivity index (χ3v) is 4.81. The summed E-state index contributed by atoms with van der Waals surface area (Å²) in [6.45, 7) is 1.78. The van der Waals surface area contributed by atoms with Gasteiger partial charge < -0.3 is 11.1 Å². The Bertz CT molecular complexity index is 845. The van der Waals surface area contributed by atoms with Crippen molar-refractivity contribution in [2.45, 2.75) is 23.4 Å². The molecule has 0 unspecified atom stereocenters. The smallest absolute Gasteiger partial charge is 0.164 e. The van der Waals surface area contributed by atoms with E-state index in [1.807, 2.05) is 28.9 Å². The fourth-order valence-electron chi connectivity index (χ4n) is 2.38. The molecule has 0 aliphatic carbocycles. The molecule has 1 saturated heterocycles. The highest BCUT2D eigenvalue weighted by Gasteiger charge is 2.25. The number of anilines is 1. The van der Waals surface area contributed by atoms with Gasteiger partial charge in [-0.2, -0.15) is 5.10 Å². The van der Waals surface area contributed by atoms with Gasteiger partial charge in [0.15, 0.2) is 5.65 Å². The van der Waals surface area contributed by atoms with Gasteiger partial charge in [-0.25, -0.2) is 14.6 Å². The van der Waals surface area contributed by atoms with E-state index in [1.54, 1.807) is 0 Å². The summed E-state index contributed by atoms with van der Waals surface area (Å²) >= 11 is 7.57. The molecule has 23 heavy (non-hydrogen) atoms. The van der Waals surface area contributed by atoms with Crippen LogP contribution in [0.3, 0.4) is 0 Å². The van der Waals surface area contributed by atoms with Gasteiger partial charge in [-0.15, -0.1) is 0 Å². The first-order valence-corrected chi connectivity index (χ1v) is 8.04. The number of nitrogens with one attached hydrogen (secondary N) is 1. The lowest BCUT2D eigenvalue weighted by atomic mass is 10.2. The highest BCUT2D eigenvalue weighted by atomic mass is 35.5. The predicted octanol–water partition coefficient (Wildman–Crippen LogP) is 2.99. The van der Waals surface area contributed by atoms with Gasteiger partial charge in [0.1, 0.15) is 17.2 Å². The molecule has 1 aliphatic rings. The quantitative estimate of drug-likeness (QED) is 0.757. The maximum absolute atomic E-state index is 6.05. The molecule has 0 amide bonds. The van der Waals surface area contributed by atoms with E-state index < -0.39 is 0 Å². The second-order valence-electron chi connectivity index (χ2n) is 5.08. The van der Waals surface area contributed by atoms with Crippen LogP contribution in [-0.2, 0) is 0 Å². The zero-order valence-electron chi connectivity index (χ0n) is 11.5. The Kier molecular flexibility index (Phi) is 4.43. The molecule has 0 saturated carbocycles. The molecule has 3 aromatic rings. The van der Waals surface area contributed by atoms with Crippen LogP contribution in [-0.4, -0.2) is 32.8 Å². The fourth-order valence-corrected chi connectivity index (χ4v) is 3.62. The first-order valence-electron chi connectivity index (χ1n) is 6.85. The number of aromatic nitrogens is 4. The Morgan fingerprint density at radius 2 is 2.13 bits per heavy atom. The van der Waals surface area contributed by atoms with Crippen LogP contribution in [0, 0.1) is 0 Å². The molecule has 0 radical (unpaired) electrons. The largest absolute Gasteiger partial charge is 0.383 e. The molecule has 120 valence electrons. The number of halogens is 1. The Morgan fingerprint density at radius 3 is 2.83 bits per heavy atom. The number of rotatable bonds is 3. The molecule has 4 rings (SSSR count). The fraction of sp³-hybridized carbons (Fsp3) is 0.267. The van der Waals surface area contributed by atoms with Gasteiger partial charge in [0.2, 0.25) is 0 Å². The number of hydrogen-bond donors (Lipinski definition) is 2. The molecule has 0 atom stereocenters. The lowest BCUT2D eigenvalue weighted by Crippen LogP contribution is -2.43. The van der Waals surface area contributed by atoms with E-state index in [9.17, 15) is 0 Å². The van der Waals surface area contributed by atoms with Crippen molar-refractivity contribution >= 4 is 40.2 Å². The van der Waals surface area contributed by atoms with E-state index in [4.69, 9.17) is 22.4 Å². The SMILES string of the molecule is C.Nc1ncnc2c1c(Sc1cccc(Cl)c1)nn2C1CNC1. The maximum Gasteiger partial charge on any atom is 0.164 e. The monoisotopic (exact) mass is 348 g/mol. The average Bonchev–Trinajstić information content (AvgIpc) is 2.77. The van der Waals surface area contributed by atoms with Crippen molar-refractivity contribution in [3.63, 3.8) is 0 Å². The molecule has 0 bridgehead atoms. The first kappa shape index (κ1) is 16.0. The van der Waals surface area contributed by atoms with Gasteiger partial charge in [-0.3, -0.25) is 0 Å². The minimum Gasteiger partial charge on any atom is -0.383 e. The van der Waals surface area contributed by atoms with E-state index in [0.717, 1.165) is 34.0 Å². The van der Waals surface area contributed by atoms with Crippen molar-refractivity contribution in [1.29, 1.82) is 0 Å². The van der Waals surface area contributed by atoms with Crippen LogP contribution >= 0.6 is 23.4 Å². The lowest BCUT2D eigenvalue weighted by Gasteiger charge is -2.27. The number of nitrogens with two attached hydrogens (primary N) is 1. The summed E-state index contributed by atoms with van der Waals surface area (Å²) in [5.41, 5.74) is 6.84. The van der Waals surface area contributed by atoms with E-state index in [1.165, 1.54) is 18.1 Å². The minimum absolute atomic E-state index is 0. The summed E-state index contributed by atoms with van der Waals surface area (Å²) in [7, 11) is 0. The standard InChI is InChI=1S/C14H13ClN6S.CH4/c15-8-2-1-3-10(4-8)22-14-11-12(16)18-7-19-13(11)21(20-14)9-5-17-6-9;/h1-4,7,9,17H,5-6H2,(H2,16,18,19);1H4. The van der Waals surface area contributed by atoms with Crippen LogP contribution in [0.5, 0.6) is 0 Å². The molecular weight excluding hydrogens is 332 g/mol. The van der Waals surface area contributed by atoms with Gasteiger partial charge in [0, 0.05) is 23.0 Å². The summed E-state index contributed by atoms with van der Waals surface area (Å²) < 4.78 is 1.94. The lowest BCUT2D eigenvalue weighted by molar-refractivity contribution is 0.321. The Morgan fingerprint density at radius 1 is 1.30 bits per heavy atom. The maximum atomic E-state index is 6.05. The van der Waals surface area contributed by atoms with Crippen molar-refractivity contribution in [2.75, 3.05) is 18.8 Å². The van der Waals surface area contributed by atoms with E-state index in [2.05, 4.69) is 15.3 Å². The Balaban J connectivity index is 0.00000156. The molecule has 1 aromatic carbocycles. The minimum atomic E-state index is 0. The molecule has 2 aromatic heterocycles. The van der Waals surface area contributed by atoms with E-state index >= 15 is 0 Å². The van der Waals surface area contributed by atoms with Crippen molar-refractivity contribution in [1.82, 2.24) is 25.1 Å². The first-order chi connectivity index (χ1) is 10.7. The molecular formula is C15H17ClN6S. The summed E-state index contributed by atoms with van der Waals surface area (Å²) in [5.74, 6) is 0.452. The predicted molar refractivity (Wildman–Crippen MR) is 93.9 cm³/mol. The molecule has 3 N–H and O–H groups in total. The number of benzene rings is 1. The van der Waals surface area contributed by atoms with Gasteiger partial charge in [0.25, 0.3) is 0 Å². The van der Waals surface area contributed by atoms with Gasteiger partial charge >= 0.3 is 0 Å². The Hall–Kier alpha value is -1.83. The normalized spacial score (nSPS) is 14.5. The molecule has 3 heterocycles. The van der Waals surface area contributed by atoms with Crippen LogP contribution in [0.1, 0.15) is 13.5 Å². The van der Waals surface area contributed by atoms with Crippen molar-refractivity contribution in [3.8, 4) is 0 Å². The number of fused-ring (bicyclic) bond motifs is 1. The van der Waals surface area contributed by atoms with Crippen LogP contribution in [0.15, 0.2) is 40.5 Å². The third-order valence-electron chi connectivity index (χ3n) is 3.60. The molecule has 1 fully saturated rings. The van der Waals surface area contributed by atoms with Gasteiger partial charge in [-0.05, 0) is 18.2 Å². The summed E-state index contributed by atoms with van der Waals surface area (Å²) in [6.07, 6.45) is 1.48. The van der Waals surface area contributed by atoms with Crippen LogP contribution in [0.4, 0.5) is 5.82 Å². The number of nitrogen functional groups attached to an aromatic ring is 1. The molecule has 1 aliphatic heterocycles. The number of nitrogens with zero attached hydrogens (tertiary/aromatic N) is 4. The second kappa shape index (κ2) is 6.35. The summed E-state index contributed by atoms with van der Waals surface area (Å²) in [4.78, 5) is 9.48. The highest BCUT2D eigenvalue weighted by molar-refractivity contribution is 7.99. The zero-order valence-corrected chi connectivity index (χ0v) is 13.1. The van der Waals surface area contributed by atoms with E-state index in [0.29, 0.717) is 16.9 Å². The topological polar surface area (TPSA) is 81.7 Å². The molecule has 8 heteroatoms. The van der Waals surface area contributed by atoms with Crippen LogP contribution < -0.4 is 11.1 Å². The average molecular weight is 349 g/mol. The zero-order chi connectivity index (χ0) is 15.1. The van der Waals surface area contributed by atoms with Gasteiger partial charge in [-0.1, -0.05) is 36.9 Å². The van der Waals surface area contributed by atoms with Crippen molar-refractivity contribution in [2.24, 2.45) is 0 Å². The summed E-state index contributed by atoms with van der Waals surface area (Å²) in [5, 5.41) is 10.3. The van der Waals surface area contributed by atoms with Crippen molar-refractivity contribution < 1.29 is 0 Å². The highest BCUT2D eigenvalue weighted by Crippen LogP contribution is 2.36. The third kappa shape index (κ3) is 2.87. The van der Waals surface area contributed by atoms with Crippen molar-refractivity contribution in [3.05, 3.63) is 35.6 Å². The summed E-state index contributed by atoms with van der Waals surface area (Å²) in [6, 6.07) is 7.97. The van der Waals surface area contributed by atoms with Gasteiger partial charge in [0.05, 0.1) is 11.4 Å².